The summed E-state index contributed by atoms with van der Waals surface area (Å²) < 4.78 is 18.6. The van der Waals surface area contributed by atoms with Crippen LogP contribution in [0.4, 0.5) is 4.39 Å². The third-order valence-electron chi connectivity index (χ3n) is 3.64. The van der Waals surface area contributed by atoms with E-state index in [2.05, 4.69) is 10.3 Å². The van der Waals surface area contributed by atoms with Gasteiger partial charge in [-0.2, -0.15) is 0 Å². The van der Waals surface area contributed by atoms with E-state index in [-0.39, 0.29) is 18.3 Å². The molecular weight excluding hydrogens is 375 g/mol. The Bertz CT molecular complexity index is 912. The number of nitrogens with zero attached hydrogens (tertiary/aromatic N) is 1. The molecule has 0 bridgehead atoms. The van der Waals surface area contributed by atoms with E-state index >= 15 is 0 Å². The lowest BCUT2D eigenvalue weighted by Crippen LogP contribution is -2.23. The van der Waals surface area contributed by atoms with Crippen molar-refractivity contribution in [3.05, 3.63) is 80.5 Å². The summed E-state index contributed by atoms with van der Waals surface area (Å²) in [6, 6.07) is 11.4. The Morgan fingerprint density at radius 1 is 1.27 bits per heavy atom. The topological polar surface area (TPSA) is 51.2 Å². The number of nitrogens with one attached hydrogen (secondary N) is 1. The van der Waals surface area contributed by atoms with Crippen molar-refractivity contribution in [3.63, 3.8) is 0 Å². The first kappa shape index (κ1) is 18.4. The number of amides is 1. The molecule has 4 nitrogen and oxygen atoms in total. The second-order valence-corrected chi connectivity index (χ2v) is 6.99. The van der Waals surface area contributed by atoms with E-state index in [1.807, 2.05) is 13.0 Å². The molecule has 3 aromatic rings. The average molecular weight is 391 g/mol. The van der Waals surface area contributed by atoms with Gasteiger partial charge in [-0.25, -0.2) is 9.37 Å². The fourth-order valence-corrected chi connectivity index (χ4v) is 3.01. The van der Waals surface area contributed by atoms with Crippen molar-refractivity contribution in [2.75, 3.05) is 0 Å². The molecule has 0 aliphatic carbocycles. The summed E-state index contributed by atoms with van der Waals surface area (Å²) in [6.45, 7) is 2.49. The fourth-order valence-electron chi connectivity index (χ4n) is 2.21. The molecule has 0 unspecified atom stereocenters. The molecule has 26 heavy (non-hydrogen) atoms. The lowest BCUT2D eigenvalue weighted by Gasteiger charge is -2.06. The van der Waals surface area contributed by atoms with Gasteiger partial charge in [-0.3, -0.25) is 4.79 Å². The van der Waals surface area contributed by atoms with Crippen LogP contribution in [0.1, 0.15) is 26.6 Å². The van der Waals surface area contributed by atoms with Gasteiger partial charge in [0.1, 0.15) is 28.9 Å². The molecule has 7 heteroatoms. The minimum Gasteiger partial charge on any atom is -0.486 e. The molecule has 0 atom stereocenters. The number of ether oxygens (including phenoxy) is 1. The van der Waals surface area contributed by atoms with Crippen LogP contribution >= 0.6 is 22.9 Å². The lowest BCUT2D eigenvalue weighted by atomic mass is 10.2. The van der Waals surface area contributed by atoms with Gasteiger partial charge in [0.05, 0.1) is 0 Å². The number of hydrogen-bond donors (Lipinski definition) is 1. The van der Waals surface area contributed by atoms with E-state index in [9.17, 15) is 9.18 Å². The summed E-state index contributed by atoms with van der Waals surface area (Å²) in [4.78, 5) is 16.4. The molecule has 1 heterocycles. The van der Waals surface area contributed by atoms with Gasteiger partial charge in [0, 0.05) is 16.9 Å². The van der Waals surface area contributed by atoms with Gasteiger partial charge in [-0.05, 0) is 48.4 Å². The first-order valence-electron chi connectivity index (χ1n) is 7.87. The highest BCUT2D eigenvalue weighted by atomic mass is 35.5. The number of rotatable bonds is 6. The molecule has 0 radical (unpaired) electrons. The Morgan fingerprint density at radius 3 is 2.77 bits per heavy atom. The number of carbonyl (C=O) groups excluding carboxylic acids is 1. The molecule has 0 aliphatic heterocycles. The third kappa shape index (κ3) is 4.80. The molecule has 134 valence electrons. The molecule has 0 saturated carbocycles. The standard InChI is InChI=1S/C19H16ClFN2O2S/c1-12-8-15(6-7-16(12)20)25-10-18-23-17(11-26-18)19(24)22-9-13-2-4-14(21)5-3-13/h2-8,11H,9-10H2,1H3,(H,22,24). The van der Waals surface area contributed by atoms with Gasteiger partial charge in [0.2, 0.25) is 0 Å². The quantitative estimate of drug-likeness (QED) is 0.660. The molecule has 0 fully saturated rings. The number of halogens is 2. The first-order chi connectivity index (χ1) is 12.5. The van der Waals surface area contributed by atoms with Gasteiger partial charge in [-0.15, -0.1) is 11.3 Å². The molecule has 0 saturated heterocycles. The Hall–Kier alpha value is -2.44. The van der Waals surface area contributed by atoms with Gasteiger partial charge in [0.15, 0.2) is 0 Å². The van der Waals surface area contributed by atoms with E-state index in [0.29, 0.717) is 28.0 Å². The summed E-state index contributed by atoms with van der Waals surface area (Å²) >= 11 is 7.34. The highest BCUT2D eigenvalue weighted by Gasteiger charge is 2.11. The summed E-state index contributed by atoms with van der Waals surface area (Å²) in [5.41, 5.74) is 2.09. The second-order valence-electron chi connectivity index (χ2n) is 5.64. The minimum atomic E-state index is -0.305. The summed E-state index contributed by atoms with van der Waals surface area (Å²) in [5.74, 6) is 0.115. The van der Waals surface area contributed by atoms with Gasteiger partial charge in [-0.1, -0.05) is 23.7 Å². The van der Waals surface area contributed by atoms with E-state index < -0.39 is 0 Å². The third-order valence-corrected chi connectivity index (χ3v) is 4.89. The van der Waals surface area contributed by atoms with Crippen molar-refractivity contribution in [1.82, 2.24) is 10.3 Å². The van der Waals surface area contributed by atoms with Crippen LogP contribution in [0.25, 0.3) is 0 Å². The zero-order valence-corrected chi connectivity index (χ0v) is 15.5. The van der Waals surface area contributed by atoms with E-state index in [1.54, 1.807) is 29.6 Å². The number of thiazole rings is 1. The number of benzene rings is 2. The summed E-state index contributed by atoms with van der Waals surface area (Å²) in [7, 11) is 0. The fraction of sp³-hybridized carbons (Fsp3) is 0.158. The molecule has 2 aromatic carbocycles. The van der Waals surface area contributed by atoms with Gasteiger partial charge < -0.3 is 10.1 Å². The highest BCUT2D eigenvalue weighted by molar-refractivity contribution is 7.09. The largest absolute Gasteiger partial charge is 0.486 e. The molecule has 3 rings (SSSR count). The number of carbonyl (C=O) groups is 1. The molecule has 0 spiro atoms. The van der Waals surface area contributed by atoms with Crippen molar-refractivity contribution in [2.24, 2.45) is 0 Å². The van der Waals surface area contributed by atoms with Gasteiger partial charge in [0.25, 0.3) is 5.91 Å². The number of hydrogen-bond acceptors (Lipinski definition) is 4. The van der Waals surface area contributed by atoms with Crippen LogP contribution in [0.5, 0.6) is 5.75 Å². The molecule has 1 aromatic heterocycles. The van der Waals surface area contributed by atoms with Crippen molar-refractivity contribution >= 4 is 28.8 Å². The van der Waals surface area contributed by atoms with E-state index in [4.69, 9.17) is 16.3 Å². The summed E-state index contributed by atoms with van der Waals surface area (Å²) in [5, 5.41) is 5.83. The van der Waals surface area contributed by atoms with Crippen molar-refractivity contribution in [1.29, 1.82) is 0 Å². The number of aryl methyl sites for hydroxylation is 1. The van der Waals surface area contributed by atoms with Crippen LogP contribution in [0.3, 0.4) is 0 Å². The maximum absolute atomic E-state index is 12.9. The van der Waals surface area contributed by atoms with E-state index in [1.165, 1.54) is 23.5 Å². The Labute approximate surface area is 159 Å². The monoisotopic (exact) mass is 390 g/mol. The zero-order valence-electron chi connectivity index (χ0n) is 14.0. The molecule has 0 aliphatic rings. The highest BCUT2D eigenvalue weighted by Crippen LogP contribution is 2.22. The van der Waals surface area contributed by atoms with Crippen molar-refractivity contribution in [2.45, 2.75) is 20.1 Å². The van der Waals surface area contributed by atoms with Crippen LogP contribution in [0.2, 0.25) is 5.02 Å². The van der Waals surface area contributed by atoms with E-state index in [0.717, 1.165) is 11.1 Å². The SMILES string of the molecule is Cc1cc(OCc2nc(C(=O)NCc3ccc(F)cc3)cs2)ccc1Cl. The van der Waals surface area contributed by atoms with Crippen molar-refractivity contribution < 1.29 is 13.9 Å². The van der Waals surface area contributed by atoms with Crippen LogP contribution in [-0.2, 0) is 13.2 Å². The second kappa shape index (κ2) is 8.29. The minimum absolute atomic E-state index is 0.275. The van der Waals surface area contributed by atoms with Gasteiger partial charge >= 0.3 is 0 Å². The normalized spacial score (nSPS) is 10.6. The van der Waals surface area contributed by atoms with Crippen LogP contribution in [0.15, 0.2) is 47.8 Å². The molecule has 1 N–H and O–H groups in total. The van der Waals surface area contributed by atoms with Crippen LogP contribution < -0.4 is 10.1 Å². The smallest absolute Gasteiger partial charge is 0.271 e. The van der Waals surface area contributed by atoms with Crippen molar-refractivity contribution in [3.8, 4) is 5.75 Å². The Kier molecular flexibility index (Phi) is 5.85. The zero-order chi connectivity index (χ0) is 18.5. The predicted octanol–water partition coefficient (Wildman–Crippen LogP) is 4.75. The molecule has 1 amide bonds. The van der Waals surface area contributed by atoms with Crippen LogP contribution in [0, 0.1) is 12.7 Å². The maximum Gasteiger partial charge on any atom is 0.271 e. The van der Waals surface area contributed by atoms with Crippen LogP contribution in [-0.4, -0.2) is 10.9 Å². The maximum atomic E-state index is 12.9. The number of aromatic nitrogens is 1. The first-order valence-corrected chi connectivity index (χ1v) is 9.13. The summed E-state index contributed by atoms with van der Waals surface area (Å²) in [6.07, 6.45) is 0. The Morgan fingerprint density at radius 2 is 2.04 bits per heavy atom. The lowest BCUT2D eigenvalue weighted by molar-refractivity contribution is 0.0946. The average Bonchev–Trinajstić information content (AvgIpc) is 3.11. The predicted molar refractivity (Wildman–Crippen MR) is 100 cm³/mol. The molecular formula is C19H16ClFN2O2S. The Balaban J connectivity index is 1.54.